The van der Waals surface area contributed by atoms with Crippen molar-refractivity contribution < 1.29 is 4.52 Å². The smallest absolute Gasteiger partial charge is 0.0648 e. The molecule has 0 aromatic heterocycles. The molecule has 106 valence electrons. The van der Waals surface area contributed by atoms with Gasteiger partial charge in [0, 0.05) is 18.1 Å². The SMILES string of the molecule is CCOP(Cc1c(C)cc(C)cc1C)c1ccccc1. The van der Waals surface area contributed by atoms with E-state index >= 15 is 0 Å². The minimum atomic E-state index is -0.574. The van der Waals surface area contributed by atoms with E-state index in [1.54, 1.807) is 0 Å². The Hall–Kier alpha value is -1.17. The van der Waals surface area contributed by atoms with Gasteiger partial charge in [-0.3, -0.25) is 0 Å². The van der Waals surface area contributed by atoms with Crippen molar-refractivity contribution in [1.82, 2.24) is 0 Å². The molecule has 0 amide bonds. The summed E-state index contributed by atoms with van der Waals surface area (Å²) in [6, 6.07) is 15.2. The summed E-state index contributed by atoms with van der Waals surface area (Å²) in [5.41, 5.74) is 5.54. The van der Waals surface area contributed by atoms with E-state index < -0.39 is 8.15 Å². The van der Waals surface area contributed by atoms with E-state index in [1.807, 2.05) is 0 Å². The molecule has 0 saturated heterocycles. The number of hydrogen-bond acceptors (Lipinski definition) is 1. The number of hydrogen-bond donors (Lipinski definition) is 0. The fraction of sp³-hybridized carbons (Fsp3) is 0.333. The van der Waals surface area contributed by atoms with Gasteiger partial charge >= 0.3 is 0 Å². The van der Waals surface area contributed by atoms with Crippen molar-refractivity contribution in [2.75, 3.05) is 6.61 Å². The molecule has 0 aliphatic carbocycles. The summed E-state index contributed by atoms with van der Waals surface area (Å²) in [5, 5.41) is 1.32. The van der Waals surface area contributed by atoms with E-state index in [-0.39, 0.29) is 0 Å². The first-order chi connectivity index (χ1) is 9.61. The second-order valence-corrected chi connectivity index (χ2v) is 7.02. The van der Waals surface area contributed by atoms with Crippen LogP contribution in [0.2, 0.25) is 0 Å². The molecule has 1 nitrogen and oxygen atoms in total. The van der Waals surface area contributed by atoms with E-state index in [1.165, 1.54) is 27.6 Å². The molecule has 0 fully saturated rings. The highest BCUT2D eigenvalue weighted by Crippen LogP contribution is 2.41. The van der Waals surface area contributed by atoms with Crippen LogP contribution in [0.5, 0.6) is 0 Å². The molecule has 0 aliphatic rings. The van der Waals surface area contributed by atoms with Crippen LogP contribution in [0, 0.1) is 20.8 Å². The highest BCUT2D eigenvalue weighted by molar-refractivity contribution is 7.60. The zero-order valence-corrected chi connectivity index (χ0v) is 13.7. The molecule has 2 aromatic rings. The Kier molecular flexibility index (Phi) is 5.34. The molecule has 1 atom stereocenters. The van der Waals surface area contributed by atoms with Gasteiger partial charge in [-0.15, -0.1) is 0 Å². The van der Waals surface area contributed by atoms with Crippen LogP contribution in [-0.4, -0.2) is 6.61 Å². The summed E-state index contributed by atoms with van der Waals surface area (Å²) in [7, 11) is -0.574. The lowest BCUT2D eigenvalue weighted by Gasteiger charge is -2.20. The predicted octanol–water partition coefficient (Wildman–Crippen LogP) is 4.87. The molecule has 2 aromatic carbocycles. The molecular formula is C18H23OP. The molecule has 1 unspecified atom stereocenters. The molecule has 0 spiro atoms. The summed E-state index contributed by atoms with van der Waals surface area (Å²) < 4.78 is 6.04. The third-order valence-corrected chi connectivity index (χ3v) is 5.52. The maximum atomic E-state index is 6.04. The summed E-state index contributed by atoms with van der Waals surface area (Å²) in [4.78, 5) is 0. The summed E-state index contributed by atoms with van der Waals surface area (Å²) in [6.07, 6.45) is 1.01. The van der Waals surface area contributed by atoms with Crippen LogP contribution >= 0.6 is 8.15 Å². The van der Waals surface area contributed by atoms with Crippen molar-refractivity contribution in [2.24, 2.45) is 0 Å². The van der Waals surface area contributed by atoms with Gasteiger partial charge in [0.2, 0.25) is 0 Å². The fourth-order valence-electron chi connectivity index (χ4n) is 2.56. The highest BCUT2D eigenvalue weighted by Gasteiger charge is 2.15. The van der Waals surface area contributed by atoms with Gasteiger partial charge in [-0.1, -0.05) is 48.0 Å². The molecule has 2 rings (SSSR count). The number of aryl methyl sites for hydroxylation is 3. The van der Waals surface area contributed by atoms with Crippen LogP contribution in [0.1, 0.15) is 29.2 Å². The molecule has 0 bridgehead atoms. The molecule has 0 N–H and O–H groups in total. The Morgan fingerprint density at radius 2 is 1.55 bits per heavy atom. The van der Waals surface area contributed by atoms with Gasteiger partial charge in [0.15, 0.2) is 0 Å². The Morgan fingerprint density at radius 1 is 0.950 bits per heavy atom. The van der Waals surface area contributed by atoms with Gasteiger partial charge in [-0.2, -0.15) is 0 Å². The lowest BCUT2D eigenvalue weighted by atomic mass is 10.0. The first-order valence-electron chi connectivity index (χ1n) is 7.14. The van der Waals surface area contributed by atoms with Gasteiger partial charge in [0.1, 0.15) is 0 Å². The Bertz CT molecular complexity index is 540. The highest BCUT2D eigenvalue weighted by atomic mass is 31.1. The van der Waals surface area contributed by atoms with Crippen molar-refractivity contribution in [3.05, 3.63) is 64.7 Å². The molecule has 0 aliphatic heterocycles. The average molecular weight is 286 g/mol. The summed E-state index contributed by atoms with van der Waals surface area (Å²) >= 11 is 0. The lowest BCUT2D eigenvalue weighted by Crippen LogP contribution is -2.06. The van der Waals surface area contributed by atoms with Crippen LogP contribution in [-0.2, 0) is 10.7 Å². The summed E-state index contributed by atoms with van der Waals surface area (Å²) in [5.74, 6) is 0. The second-order valence-electron chi connectivity index (χ2n) is 5.17. The van der Waals surface area contributed by atoms with Crippen molar-refractivity contribution >= 4 is 13.5 Å². The van der Waals surface area contributed by atoms with E-state index in [0.717, 1.165) is 12.8 Å². The van der Waals surface area contributed by atoms with Crippen molar-refractivity contribution in [3.63, 3.8) is 0 Å². The van der Waals surface area contributed by atoms with E-state index in [0.29, 0.717) is 0 Å². The van der Waals surface area contributed by atoms with Crippen molar-refractivity contribution in [2.45, 2.75) is 33.9 Å². The van der Waals surface area contributed by atoms with Gasteiger partial charge in [0.05, 0.1) is 8.15 Å². The van der Waals surface area contributed by atoms with Crippen LogP contribution in [0.15, 0.2) is 42.5 Å². The van der Waals surface area contributed by atoms with Gasteiger partial charge in [-0.25, -0.2) is 0 Å². The third kappa shape index (κ3) is 3.69. The minimum Gasteiger partial charge on any atom is -0.354 e. The minimum absolute atomic E-state index is 0.574. The Labute approximate surface area is 123 Å². The molecule has 0 saturated carbocycles. The Balaban J connectivity index is 2.30. The second kappa shape index (κ2) is 7.02. The zero-order valence-electron chi connectivity index (χ0n) is 12.8. The van der Waals surface area contributed by atoms with Gasteiger partial charge < -0.3 is 4.52 Å². The van der Waals surface area contributed by atoms with Crippen molar-refractivity contribution in [3.8, 4) is 0 Å². The fourth-order valence-corrected chi connectivity index (χ4v) is 4.59. The number of benzene rings is 2. The quantitative estimate of drug-likeness (QED) is 0.712. The lowest BCUT2D eigenvalue weighted by molar-refractivity contribution is 0.382. The maximum absolute atomic E-state index is 6.04. The monoisotopic (exact) mass is 286 g/mol. The van der Waals surface area contributed by atoms with E-state index in [4.69, 9.17) is 4.52 Å². The van der Waals surface area contributed by atoms with E-state index in [2.05, 4.69) is 70.2 Å². The average Bonchev–Trinajstić information content (AvgIpc) is 2.42. The Morgan fingerprint density at radius 3 is 2.10 bits per heavy atom. The predicted molar refractivity (Wildman–Crippen MR) is 89.0 cm³/mol. The van der Waals surface area contributed by atoms with Gasteiger partial charge in [-0.05, 0) is 44.4 Å². The van der Waals surface area contributed by atoms with Crippen molar-refractivity contribution in [1.29, 1.82) is 0 Å². The topological polar surface area (TPSA) is 9.23 Å². The van der Waals surface area contributed by atoms with Crippen LogP contribution in [0.25, 0.3) is 0 Å². The molecule has 20 heavy (non-hydrogen) atoms. The van der Waals surface area contributed by atoms with Gasteiger partial charge in [0.25, 0.3) is 0 Å². The van der Waals surface area contributed by atoms with Crippen LogP contribution in [0.4, 0.5) is 0 Å². The largest absolute Gasteiger partial charge is 0.354 e. The standard InChI is InChI=1S/C18H23OP/c1-5-19-20(17-9-7-6-8-10-17)13-18-15(3)11-14(2)12-16(18)4/h6-12H,5,13H2,1-4H3. The molecule has 2 heteroatoms. The summed E-state index contributed by atoms with van der Waals surface area (Å²) in [6.45, 7) is 9.42. The molecular weight excluding hydrogens is 263 g/mol. The first kappa shape index (κ1) is 15.2. The maximum Gasteiger partial charge on any atom is 0.0648 e. The zero-order chi connectivity index (χ0) is 14.5. The first-order valence-corrected chi connectivity index (χ1v) is 8.58. The third-order valence-electron chi connectivity index (χ3n) is 3.47. The molecule has 0 radical (unpaired) electrons. The van der Waals surface area contributed by atoms with Crippen LogP contribution < -0.4 is 5.30 Å². The normalized spacial score (nSPS) is 12.4. The van der Waals surface area contributed by atoms with Crippen LogP contribution in [0.3, 0.4) is 0 Å². The molecule has 0 heterocycles. The van der Waals surface area contributed by atoms with E-state index in [9.17, 15) is 0 Å². The number of rotatable bonds is 5.